The van der Waals surface area contributed by atoms with Gasteiger partial charge in [-0.25, -0.2) is 0 Å². The van der Waals surface area contributed by atoms with Crippen molar-refractivity contribution in [2.75, 3.05) is 6.61 Å². The first-order chi connectivity index (χ1) is 13.8. The third-order valence-electron chi connectivity index (χ3n) is 4.49. The molecule has 29 heavy (non-hydrogen) atoms. The fraction of sp³-hybridized carbons (Fsp3) is 0.500. The van der Waals surface area contributed by atoms with Crippen molar-refractivity contribution in [1.29, 1.82) is 0 Å². The summed E-state index contributed by atoms with van der Waals surface area (Å²) in [7, 11) is 0. The molecule has 0 amide bonds. The number of hydrogen-bond acceptors (Lipinski definition) is 5. The van der Waals surface area contributed by atoms with E-state index in [4.69, 9.17) is 26.6 Å². The molecule has 0 radical (unpaired) electrons. The van der Waals surface area contributed by atoms with E-state index < -0.39 is 18.2 Å². The third kappa shape index (κ3) is 11.7. The van der Waals surface area contributed by atoms with E-state index in [1.165, 1.54) is 6.08 Å². The van der Waals surface area contributed by atoms with Crippen LogP contribution in [0, 0.1) is 5.92 Å². The molecule has 4 unspecified atom stereocenters. The first-order valence-electron chi connectivity index (χ1n) is 9.73. The summed E-state index contributed by atoms with van der Waals surface area (Å²) >= 11 is 5.73. The highest BCUT2D eigenvalue weighted by Gasteiger charge is 2.30. The number of carboxylic acids is 1. The van der Waals surface area contributed by atoms with Crippen molar-refractivity contribution in [2.45, 2.75) is 56.8 Å². The Hall–Kier alpha value is -1.86. The van der Waals surface area contributed by atoms with E-state index in [1.807, 2.05) is 12.2 Å². The van der Waals surface area contributed by atoms with Gasteiger partial charge in [-0.05, 0) is 56.2 Å². The number of aliphatic hydroxyl groups is 3. The average Bonchev–Trinajstić information content (AvgIpc) is 3.00. The Bertz CT molecular complexity index is 648. The predicted octanol–water partition coefficient (Wildman–Crippen LogP) is 3.59. The topological polar surface area (TPSA) is 107 Å². The SMILES string of the molecule is C=CC(O)COc1cccc(Cl)c1.O=C(O)CCC/C=C\CC1CC(O)CC1O. The molecule has 0 bridgehead atoms. The highest BCUT2D eigenvalue weighted by molar-refractivity contribution is 6.30. The Morgan fingerprint density at radius 1 is 1.31 bits per heavy atom. The normalized spacial score (nSPS) is 22.0. The molecule has 0 spiro atoms. The summed E-state index contributed by atoms with van der Waals surface area (Å²) in [5.74, 6) is 0.0434. The Labute approximate surface area is 177 Å². The van der Waals surface area contributed by atoms with Crippen LogP contribution in [0.1, 0.15) is 38.5 Å². The zero-order valence-electron chi connectivity index (χ0n) is 16.5. The van der Waals surface area contributed by atoms with Crippen molar-refractivity contribution < 1.29 is 30.0 Å². The summed E-state index contributed by atoms with van der Waals surface area (Å²) in [6.07, 6.45) is 7.51. The molecular weight excluding hydrogens is 396 g/mol. The van der Waals surface area contributed by atoms with E-state index in [0.717, 1.165) is 12.8 Å². The first-order valence-corrected chi connectivity index (χ1v) is 10.1. The van der Waals surface area contributed by atoms with Gasteiger partial charge in [0.15, 0.2) is 0 Å². The van der Waals surface area contributed by atoms with Gasteiger partial charge in [0, 0.05) is 11.4 Å². The Morgan fingerprint density at radius 2 is 2.07 bits per heavy atom. The molecule has 1 saturated carbocycles. The molecule has 0 aromatic heterocycles. The predicted molar refractivity (Wildman–Crippen MR) is 113 cm³/mol. The van der Waals surface area contributed by atoms with Crippen LogP contribution in [-0.4, -0.2) is 51.3 Å². The van der Waals surface area contributed by atoms with Gasteiger partial charge in [0.1, 0.15) is 18.5 Å². The Balaban J connectivity index is 0.000000296. The van der Waals surface area contributed by atoms with E-state index in [9.17, 15) is 15.0 Å². The molecule has 162 valence electrons. The van der Waals surface area contributed by atoms with Crippen LogP contribution in [0.5, 0.6) is 5.75 Å². The van der Waals surface area contributed by atoms with Crippen LogP contribution in [0.3, 0.4) is 0 Å². The monoisotopic (exact) mass is 426 g/mol. The van der Waals surface area contributed by atoms with Crippen LogP contribution in [-0.2, 0) is 4.79 Å². The van der Waals surface area contributed by atoms with E-state index in [0.29, 0.717) is 30.0 Å². The first kappa shape index (κ1) is 25.2. The fourth-order valence-corrected chi connectivity index (χ4v) is 3.07. The van der Waals surface area contributed by atoms with E-state index >= 15 is 0 Å². The summed E-state index contributed by atoms with van der Waals surface area (Å²) < 4.78 is 5.23. The van der Waals surface area contributed by atoms with Crippen molar-refractivity contribution >= 4 is 17.6 Å². The number of aliphatic carboxylic acids is 1. The smallest absolute Gasteiger partial charge is 0.303 e. The molecule has 1 aromatic carbocycles. The molecule has 1 aliphatic rings. The lowest BCUT2D eigenvalue weighted by molar-refractivity contribution is -0.137. The van der Waals surface area contributed by atoms with Gasteiger partial charge < -0.3 is 25.2 Å². The molecule has 0 aliphatic heterocycles. The highest BCUT2D eigenvalue weighted by atomic mass is 35.5. The Morgan fingerprint density at radius 3 is 2.66 bits per heavy atom. The molecule has 1 aromatic rings. The molecule has 4 N–H and O–H groups in total. The van der Waals surface area contributed by atoms with Gasteiger partial charge in [-0.2, -0.15) is 0 Å². The van der Waals surface area contributed by atoms with Crippen LogP contribution in [0.2, 0.25) is 5.02 Å². The minimum atomic E-state index is -0.761. The van der Waals surface area contributed by atoms with E-state index in [2.05, 4.69) is 6.58 Å². The molecule has 4 atom stereocenters. The summed E-state index contributed by atoms with van der Waals surface area (Å²) in [5, 5.41) is 37.0. The third-order valence-corrected chi connectivity index (χ3v) is 4.72. The van der Waals surface area contributed by atoms with Crippen molar-refractivity contribution in [3.63, 3.8) is 0 Å². The maximum absolute atomic E-state index is 10.2. The van der Waals surface area contributed by atoms with Crippen LogP contribution in [0.25, 0.3) is 0 Å². The average molecular weight is 427 g/mol. The van der Waals surface area contributed by atoms with Gasteiger partial charge in [-0.3, -0.25) is 4.79 Å². The summed E-state index contributed by atoms with van der Waals surface area (Å²) in [6, 6.07) is 7.02. The lowest BCUT2D eigenvalue weighted by Crippen LogP contribution is -2.13. The number of aliphatic hydroxyl groups excluding tert-OH is 3. The largest absolute Gasteiger partial charge is 0.491 e. The number of hydrogen-bond donors (Lipinski definition) is 4. The minimum absolute atomic E-state index is 0.158. The number of unbranched alkanes of at least 4 members (excludes halogenated alkanes) is 1. The Kier molecular flexibility index (Phi) is 12.3. The highest BCUT2D eigenvalue weighted by Crippen LogP contribution is 2.29. The van der Waals surface area contributed by atoms with Crippen LogP contribution in [0.15, 0.2) is 49.1 Å². The van der Waals surface area contributed by atoms with Crippen LogP contribution < -0.4 is 4.74 Å². The summed E-state index contributed by atoms with van der Waals surface area (Å²) in [6.45, 7) is 3.63. The van der Waals surface area contributed by atoms with Crippen molar-refractivity contribution in [2.24, 2.45) is 5.92 Å². The van der Waals surface area contributed by atoms with Crippen molar-refractivity contribution in [3.8, 4) is 5.75 Å². The quantitative estimate of drug-likeness (QED) is 0.336. The van der Waals surface area contributed by atoms with Gasteiger partial charge in [-0.15, -0.1) is 6.58 Å². The number of halogens is 1. The molecule has 7 heteroatoms. The number of carbonyl (C=O) groups is 1. The lowest BCUT2D eigenvalue weighted by atomic mass is 10.0. The molecule has 2 rings (SSSR count). The molecule has 0 saturated heterocycles. The fourth-order valence-electron chi connectivity index (χ4n) is 2.89. The van der Waals surface area contributed by atoms with Crippen molar-refractivity contribution in [3.05, 3.63) is 54.1 Å². The zero-order chi connectivity index (χ0) is 21.6. The summed E-state index contributed by atoms with van der Waals surface area (Å²) in [5.41, 5.74) is 0. The van der Waals surface area contributed by atoms with E-state index in [-0.39, 0.29) is 25.0 Å². The maximum Gasteiger partial charge on any atom is 0.303 e. The molecule has 6 nitrogen and oxygen atoms in total. The van der Waals surface area contributed by atoms with Crippen LogP contribution in [0.4, 0.5) is 0 Å². The second-order valence-corrected chi connectivity index (χ2v) is 7.45. The van der Waals surface area contributed by atoms with Gasteiger partial charge >= 0.3 is 5.97 Å². The maximum atomic E-state index is 10.2. The lowest BCUT2D eigenvalue weighted by Gasteiger charge is -2.10. The summed E-state index contributed by atoms with van der Waals surface area (Å²) in [4.78, 5) is 10.2. The minimum Gasteiger partial charge on any atom is -0.491 e. The number of ether oxygens (including phenoxy) is 1. The van der Waals surface area contributed by atoms with E-state index in [1.54, 1.807) is 24.3 Å². The molecule has 1 aliphatic carbocycles. The number of carboxylic acid groups (broad SMARTS) is 1. The molecule has 1 fully saturated rings. The van der Waals surface area contributed by atoms with Crippen molar-refractivity contribution in [1.82, 2.24) is 0 Å². The van der Waals surface area contributed by atoms with Gasteiger partial charge in [-0.1, -0.05) is 35.9 Å². The standard InChI is InChI=1S/C12H20O4.C10H11ClO2/c13-10-7-9(11(14)8-10)5-3-1-2-4-6-12(15)16;1-2-9(12)7-13-10-5-3-4-8(11)6-10/h1,3,9-11,13-14H,2,4-8H2,(H,15,16);2-6,9,12H,1,7H2/b3-1-;. The van der Waals surface area contributed by atoms with Gasteiger partial charge in [0.25, 0.3) is 0 Å². The number of allylic oxidation sites excluding steroid dienone is 2. The van der Waals surface area contributed by atoms with Gasteiger partial charge in [0.05, 0.1) is 12.2 Å². The number of benzene rings is 1. The second kappa shape index (κ2) is 14.2. The zero-order valence-corrected chi connectivity index (χ0v) is 17.2. The number of rotatable bonds is 10. The molecular formula is C22H31ClO6. The van der Waals surface area contributed by atoms with Gasteiger partial charge in [0.2, 0.25) is 0 Å². The molecule has 0 heterocycles. The second-order valence-electron chi connectivity index (χ2n) is 7.02. The van der Waals surface area contributed by atoms with Crippen LogP contribution >= 0.6 is 11.6 Å².